The number of rotatable bonds is 3. The van der Waals surface area contributed by atoms with Gasteiger partial charge in [-0.2, -0.15) is 0 Å². The van der Waals surface area contributed by atoms with Crippen molar-refractivity contribution in [1.29, 1.82) is 0 Å². The molecule has 1 fully saturated rings. The lowest BCUT2D eigenvalue weighted by Gasteiger charge is -2.35. The first-order valence-corrected chi connectivity index (χ1v) is 8.92. The number of carboxylic acids is 1. The fourth-order valence-electron chi connectivity index (χ4n) is 2.40. The van der Waals surface area contributed by atoms with Crippen LogP contribution >= 0.6 is 22.7 Å². The molecule has 0 aromatic carbocycles. The van der Waals surface area contributed by atoms with Crippen molar-refractivity contribution >= 4 is 44.0 Å². The molecule has 1 aliphatic heterocycles. The van der Waals surface area contributed by atoms with Gasteiger partial charge in [-0.3, -0.25) is 4.79 Å². The van der Waals surface area contributed by atoms with Crippen LogP contribution in [0.4, 0.5) is 5.69 Å². The Kier molecular flexibility index (Phi) is 3.72. The molecule has 2 N–H and O–H groups in total. The van der Waals surface area contributed by atoms with Crippen LogP contribution in [0.3, 0.4) is 0 Å². The van der Waals surface area contributed by atoms with Crippen molar-refractivity contribution in [2.45, 2.75) is 12.3 Å². The van der Waals surface area contributed by atoms with Gasteiger partial charge in [0.1, 0.15) is 16.4 Å². The molecule has 0 saturated carbocycles. The molecule has 1 saturated heterocycles. The molecule has 4 heterocycles. The van der Waals surface area contributed by atoms with E-state index in [2.05, 4.69) is 32.3 Å². The maximum Gasteiger partial charge on any atom is 0.321 e. The summed E-state index contributed by atoms with van der Waals surface area (Å²) in [6.07, 6.45) is 0. The molecule has 0 atom stereocenters. The average Bonchev–Trinajstić information content (AvgIpc) is 3.16. The monoisotopic (exact) mass is 376 g/mol. The van der Waals surface area contributed by atoms with Crippen molar-refractivity contribution in [3.63, 3.8) is 0 Å². The zero-order valence-corrected chi connectivity index (χ0v) is 14.9. The Morgan fingerprint density at radius 3 is 2.64 bits per heavy atom. The van der Waals surface area contributed by atoms with Gasteiger partial charge in [0.05, 0.1) is 13.2 Å². The molecular formula is C15H12N4O4S2. The minimum absolute atomic E-state index is 0.146. The number of ether oxygens (including phenoxy) is 1. The SMILES string of the molecule is CNc1c(C)noc1C#Cc1nc2sc(C3(C(=O)O)COC3)nc2s1. The Bertz CT molecular complexity index is 1000. The molecule has 0 radical (unpaired) electrons. The summed E-state index contributed by atoms with van der Waals surface area (Å²) in [5.41, 5.74) is 0.454. The molecule has 1 aliphatic rings. The van der Waals surface area contributed by atoms with E-state index >= 15 is 0 Å². The summed E-state index contributed by atoms with van der Waals surface area (Å²) >= 11 is 2.59. The minimum atomic E-state index is -1.03. The fraction of sp³-hybridized carbons (Fsp3) is 0.333. The van der Waals surface area contributed by atoms with Crippen LogP contribution in [-0.4, -0.2) is 46.5 Å². The van der Waals surface area contributed by atoms with Gasteiger partial charge in [0.15, 0.2) is 20.1 Å². The highest BCUT2D eigenvalue weighted by Gasteiger charge is 2.50. The second-order valence-corrected chi connectivity index (χ2v) is 7.46. The molecule has 10 heteroatoms. The molecule has 0 aliphatic carbocycles. The zero-order chi connectivity index (χ0) is 17.6. The molecule has 8 nitrogen and oxygen atoms in total. The third-order valence-corrected chi connectivity index (χ3v) is 6.03. The third kappa shape index (κ3) is 2.48. The second-order valence-electron chi connectivity index (χ2n) is 5.50. The molecule has 25 heavy (non-hydrogen) atoms. The van der Waals surface area contributed by atoms with E-state index in [0.29, 0.717) is 25.4 Å². The van der Waals surface area contributed by atoms with Crippen LogP contribution < -0.4 is 5.32 Å². The minimum Gasteiger partial charge on any atom is -0.480 e. The van der Waals surface area contributed by atoms with Gasteiger partial charge < -0.3 is 19.7 Å². The molecule has 0 unspecified atom stereocenters. The largest absolute Gasteiger partial charge is 0.480 e. The molecule has 0 bridgehead atoms. The summed E-state index contributed by atoms with van der Waals surface area (Å²) in [6, 6.07) is 0. The van der Waals surface area contributed by atoms with E-state index in [-0.39, 0.29) is 13.2 Å². The highest BCUT2D eigenvalue weighted by molar-refractivity contribution is 7.26. The number of carboxylic acid groups (broad SMARTS) is 1. The highest BCUT2D eigenvalue weighted by atomic mass is 32.1. The van der Waals surface area contributed by atoms with Gasteiger partial charge in [-0.25, -0.2) is 9.97 Å². The van der Waals surface area contributed by atoms with Crippen molar-refractivity contribution in [2.24, 2.45) is 0 Å². The number of carbonyl (C=O) groups is 1. The van der Waals surface area contributed by atoms with E-state index in [1.54, 1.807) is 7.05 Å². The molecule has 3 aromatic heterocycles. The number of hydrogen-bond acceptors (Lipinski definition) is 9. The Labute approximate surface area is 149 Å². The standard InChI is InChI=1S/C15H12N4O4S2/c1-7-10(16-2)8(23-19-7)3-4-9-17-11-12(24-9)18-13(25-11)15(14(20)21)5-22-6-15/h16H,5-6H2,1-2H3,(H,20,21). The van der Waals surface area contributed by atoms with Gasteiger partial charge in [0.25, 0.3) is 0 Å². The lowest BCUT2D eigenvalue weighted by Crippen LogP contribution is -2.52. The maximum atomic E-state index is 11.5. The first-order chi connectivity index (χ1) is 12.0. The first-order valence-electron chi connectivity index (χ1n) is 7.28. The number of thiazole rings is 2. The Morgan fingerprint density at radius 2 is 2.04 bits per heavy atom. The number of nitrogens with zero attached hydrogens (tertiary/aromatic N) is 3. The number of nitrogens with one attached hydrogen (secondary N) is 1. The van der Waals surface area contributed by atoms with Crippen LogP contribution in [-0.2, 0) is 14.9 Å². The molecule has 3 aromatic rings. The Balaban J connectivity index is 1.65. The van der Waals surface area contributed by atoms with Gasteiger partial charge in [-0.1, -0.05) is 27.8 Å². The van der Waals surface area contributed by atoms with Crippen LogP contribution in [0.25, 0.3) is 9.66 Å². The van der Waals surface area contributed by atoms with Crippen molar-refractivity contribution < 1.29 is 19.2 Å². The molecule has 0 amide bonds. The molecule has 4 rings (SSSR count). The van der Waals surface area contributed by atoms with Gasteiger partial charge in [0, 0.05) is 7.05 Å². The molecule has 128 valence electrons. The lowest BCUT2D eigenvalue weighted by atomic mass is 9.87. The first kappa shape index (κ1) is 16.0. The normalized spacial score (nSPS) is 15.4. The predicted octanol–water partition coefficient (Wildman–Crippen LogP) is 1.84. The average molecular weight is 376 g/mol. The zero-order valence-electron chi connectivity index (χ0n) is 13.2. The summed E-state index contributed by atoms with van der Waals surface area (Å²) < 4.78 is 10.3. The number of aryl methyl sites for hydroxylation is 1. The number of aliphatic carboxylic acids is 1. The quantitative estimate of drug-likeness (QED) is 0.666. The Hall–Kier alpha value is -2.48. The molecular weight excluding hydrogens is 364 g/mol. The van der Waals surface area contributed by atoms with Gasteiger partial charge in [-0.15, -0.1) is 0 Å². The lowest BCUT2D eigenvalue weighted by molar-refractivity contribution is -0.163. The van der Waals surface area contributed by atoms with Crippen molar-refractivity contribution in [2.75, 3.05) is 25.6 Å². The van der Waals surface area contributed by atoms with Crippen LogP contribution in [0.1, 0.15) is 21.5 Å². The summed E-state index contributed by atoms with van der Waals surface area (Å²) in [5, 5.41) is 17.4. The Morgan fingerprint density at radius 1 is 1.28 bits per heavy atom. The van der Waals surface area contributed by atoms with E-state index in [1.165, 1.54) is 22.7 Å². The van der Waals surface area contributed by atoms with Crippen molar-refractivity contribution in [3.8, 4) is 11.8 Å². The third-order valence-electron chi connectivity index (χ3n) is 3.89. The second kappa shape index (κ2) is 5.80. The summed E-state index contributed by atoms with van der Waals surface area (Å²) in [5.74, 6) is 5.38. The van der Waals surface area contributed by atoms with Crippen LogP contribution in [0.5, 0.6) is 0 Å². The predicted molar refractivity (Wildman–Crippen MR) is 92.2 cm³/mol. The number of fused-ring (bicyclic) bond motifs is 1. The smallest absolute Gasteiger partial charge is 0.321 e. The molecule has 0 spiro atoms. The van der Waals surface area contributed by atoms with Crippen LogP contribution in [0, 0.1) is 18.8 Å². The van der Waals surface area contributed by atoms with Gasteiger partial charge >= 0.3 is 5.97 Å². The van der Waals surface area contributed by atoms with Crippen LogP contribution in [0.15, 0.2) is 4.52 Å². The summed E-state index contributed by atoms with van der Waals surface area (Å²) in [7, 11) is 1.78. The van der Waals surface area contributed by atoms with E-state index < -0.39 is 11.4 Å². The van der Waals surface area contributed by atoms with E-state index in [0.717, 1.165) is 11.4 Å². The highest BCUT2D eigenvalue weighted by Crippen LogP contribution is 2.38. The number of anilines is 1. The van der Waals surface area contributed by atoms with E-state index in [4.69, 9.17) is 9.26 Å². The summed E-state index contributed by atoms with van der Waals surface area (Å²) in [6.45, 7) is 2.12. The van der Waals surface area contributed by atoms with E-state index in [1.807, 2.05) is 6.92 Å². The summed E-state index contributed by atoms with van der Waals surface area (Å²) in [4.78, 5) is 21.7. The fourth-order valence-corrected chi connectivity index (χ4v) is 4.45. The van der Waals surface area contributed by atoms with Crippen molar-refractivity contribution in [1.82, 2.24) is 15.1 Å². The topological polar surface area (TPSA) is 110 Å². The maximum absolute atomic E-state index is 11.5. The van der Waals surface area contributed by atoms with Gasteiger partial charge in [0.2, 0.25) is 5.76 Å². The van der Waals surface area contributed by atoms with E-state index in [9.17, 15) is 9.90 Å². The van der Waals surface area contributed by atoms with Gasteiger partial charge in [-0.05, 0) is 18.8 Å². The number of hydrogen-bond donors (Lipinski definition) is 2. The van der Waals surface area contributed by atoms with Crippen molar-refractivity contribution in [3.05, 3.63) is 21.5 Å². The van der Waals surface area contributed by atoms with Crippen LogP contribution in [0.2, 0.25) is 0 Å². The number of aromatic nitrogens is 3.